The Morgan fingerprint density at radius 2 is 2.24 bits per heavy atom. The van der Waals surface area contributed by atoms with Crippen molar-refractivity contribution < 1.29 is 19.4 Å². The van der Waals surface area contributed by atoms with Crippen LogP contribution in [0.15, 0.2) is 34.6 Å². The van der Waals surface area contributed by atoms with Gasteiger partial charge in [0.2, 0.25) is 0 Å². The highest BCUT2D eigenvalue weighted by molar-refractivity contribution is 6.58. The zero-order valence-electron chi connectivity index (χ0n) is 17.8. The Kier molecular flexibility index (Phi) is 5.34. The maximum absolute atomic E-state index is 11.5. The highest BCUT2D eigenvalue weighted by atomic mass is 16.5. The smallest absolute Gasteiger partial charge is 0.355 e. The summed E-state index contributed by atoms with van der Waals surface area (Å²) in [7, 11) is 0. The quantitative estimate of drug-likeness (QED) is 0.292. The van der Waals surface area contributed by atoms with Crippen molar-refractivity contribution >= 4 is 34.7 Å². The van der Waals surface area contributed by atoms with Crippen LogP contribution < -0.4 is 15.5 Å². The second kappa shape index (κ2) is 8.47. The lowest BCUT2D eigenvalue weighted by Crippen LogP contribution is -2.56. The summed E-state index contributed by atoms with van der Waals surface area (Å²) in [5.41, 5.74) is 1.70. The lowest BCUT2D eigenvalue weighted by Gasteiger charge is -2.44. The summed E-state index contributed by atoms with van der Waals surface area (Å²) in [4.78, 5) is 34.9. The Hall–Kier alpha value is -4.06. The van der Waals surface area contributed by atoms with Gasteiger partial charge in [0.15, 0.2) is 23.1 Å². The Balaban J connectivity index is 1.67. The number of aromatic nitrogens is 4. The van der Waals surface area contributed by atoms with E-state index >= 15 is 0 Å². The number of fused-ring (bicyclic) bond motifs is 4. The molecular weight excluding hydrogens is 428 g/mol. The van der Waals surface area contributed by atoms with Crippen LogP contribution in [0.3, 0.4) is 0 Å². The van der Waals surface area contributed by atoms with Crippen LogP contribution in [0.5, 0.6) is 5.75 Å². The van der Waals surface area contributed by atoms with Crippen molar-refractivity contribution in [3.63, 3.8) is 0 Å². The molecule has 0 spiro atoms. The Bertz CT molecular complexity index is 1270. The number of morpholine rings is 1. The molecule has 5 rings (SSSR count). The van der Waals surface area contributed by atoms with Crippen LogP contribution in [0, 0.1) is 0 Å². The van der Waals surface area contributed by atoms with Gasteiger partial charge >= 0.3 is 5.97 Å². The fourth-order valence-corrected chi connectivity index (χ4v) is 4.17. The number of hydrogen-bond acceptors (Lipinski definition) is 10. The Morgan fingerprint density at radius 1 is 1.36 bits per heavy atom. The maximum Gasteiger partial charge on any atom is 0.355 e. The molecule has 3 aromatic heterocycles. The topological polar surface area (TPSA) is 164 Å². The Labute approximate surface area is 188 Å². The van der Waals surface area contributed by atoms with E-state index < -0.39 is 5.97 Å². The number of ether oxygens (including phenoxy) is 2. The molecule has 5 heterocycles. The number of carboxylic acid groups (broad SMARTS) is 1. The van der Waals surface area contributed by atoms with Crippen molar-refractivity contribution in [3.8, 4) is 17.1 Å². The van der Waals surface area contributed by atoms with Crippen LogP contribution in [0.1, 0.15) is 12.6 Å². The van der Waals surface area contributed by atoms with E-state index in [0.29, 0.717) is 42.9 Å². The second-order valence-electron chi connectivity index (χ2n) is 7.79. The molecule has 0 bridgehead atoms. The first-order valence-electron chi connectivity index (χ1n) is 10.4. The third-order valence-corrected chi connectivity index (χ3v) is 5.64. The highest BCUT2D eigenvalue weighted by Crippen LogP contribution is 2.39. The summed E-state index contributed by atoms with van der Waals surface area (Å²) in [6.07, 6.45) is 4.48. The summed E-state index contributed by atoms with van der Waals surface area (Å²) in [5.74, 6) is 5.49. The summed E-state index contributed by atoms with van der Waals surface area (Å²) >= 11 is 0. The minimum absolute atomic E-state index is 0.0176. The molecular formula is C21H22N8O4. The third-order valence-electron chi connectivity index (χ3n) is 5.64. The van der Waals surface area contributed by atoms with Crippen molar-refractivity contribution in [2.75, 3.05) is 24.7 Å². The molecule has 1 fully saturated rings. The fraction of sp³-hybridized carbons (Fsp3) is 0.333. The minimum atomic E-state index is -1.24. The molecule has 2 atom stereocenters. The van der Waals surface area contributed by atoms with Crippen LogP contribution in [0.2, 0.25) is 0 Å². The molecule has 33 heavy (non-hydrogen) atoms. The number of H-pyrrole nitrogens is 1. The summed E-state index contributed by atoms with van der Waals surface area (Å²) in [5, 5.41) is 13.5. The number of hydrogen-bond donors (Lipinski definition) is 3. The predicted molar refractivity (Wildman–Crippen MR) is 121 cm³/mol. The highest BCUT2D eigenvalue weighted by Gasteiger charge is 2.37. The minimum Gasteiger partial charge on any atom is -0.486 e. The molecule has 0 amide bonds. The normalized spacial score (nSPS) is 20.5. The molecule has 0 unspecified atom stereocenters. The van der Waals surface area contributed by atoms with Crippen molar-refractivity contribution in [2.45, 2.75) is 25.6 Å². The van der Waals surface area contributed by atoms with E-state index in [2.05, 4.69) is 31.9 Å². The van der Waals surface area contributed by atoms with Crippen LogP contribution in [0.4, 0.5) is 5.82 Å². The fourth-order valence-electron chi connectivity index (χ4n) is 4.17. The van der Waals surface area contributed by atoms with Gasteiger partial charge in [0.25, 0.3) is 0 Å². The van der Waals surface area contributed by atoms with Gasteiger partial charge in [0.1, 0.15) is 17.9 Å². The average Bonchev–Trinajstić information content (AvgIpc) is 3.30. The first-order chi connectivity index (χ1) is 16.1. The molecule has 1 saturated heterocycles. The number of hydrazone groups is 1. The number of nitrogens with zero attached hydrogens (tertiary/aromatic N) is 6. The molecule has 4 N–H and O–H groups in total. The molecule has 2 aliphatic rings. The van der Waals surface area contributed by atoms with Crippen LogP contribution in [-0.2, 0) is 16.1 Å². The van der Waals surface area contributed by atoms with Crippen LogP contribution in [-0.4, -0.2) is 74.8 Å². The molecule has 3 aromatic rings. The molecule has 0 saturated carbocycles. The number of carbonyl (C=O) groups is 1. The first-order valence-corrected chi connectivity index (χ1v) is 10.4. The average molecular weight is 450 g/mol. The van der Waals surface area contributed by atoms with Gasteiger partial charge < -0.3 is 30.3 Å². The monoisotopic (exact) mass is 450 g/mol. The molecule has 2 aliphatic heterocycles. The summed E-state index contributed by atoms with van der Waals surface area (Å²) < 4.78 is 11.7. The van der Waals surface area contributed by atoms with E-state index in [1.807, 2.05) is 12.1 Å². The van der Waals surface area contributed by atoms with Crippen molar-refractivity contribution in [1.29, 1.82) is 0 Å². The summed E-state index contributed by atoms with van der Waals surface area (Å²) in [6, 6.07) is 3.85. The van der Waals surface area contributed by atoms with Gasteiger partial charge in [-0.25, -0.2) is 19.7 Å². The molecule has 0 radical (unpaired) electrons. The van der Waals surface area contributed by atoms with E-state index in [9.17, 15) is 9.90 Å². The first kappa shape index (κ1) is 20.8. The van der Waals surface area contributed by atoms with E-state index in [-0.39, 0.29) is 24.3 Å². The van der Waals surface area contributed by atoms with Crippen LogP contribution >= 0.6 is 0 Å². The zero-order valence-corrected chi connectivity index (χ0v) is 17.8. The zero-order chi connectivity index (χ0) is 22.9. The van der Waals surface area contributed by atoms with E-state index in [1.54, 1.807) is 12.4 Å². The lowest BCUT2D eigenvalue weighted by molar-refractivity contribution is -0.129. The van der Waals surface area contributed by atoms with Crippen LogP contribution in [0.25, 0.3) is 22.4 Å². The van der Waals surface area contributed by atoms with Gasteiger partial charge in [-0.2, -0.15) is 5.10 Å². The van der Waals surface area contributed by atoms with E-state index in [0.717, 1.165) is 22.8 Å². The number of nitrogens with two attached hydrogens (primary N) is 1. The number of aliphatic imine (C=N–C) groups is 1. The van der Waals surface area contributed by atoms with E-state index in [4.69, 9.17) is 25.3 Å². The third kappa shape index (κ3) is 3.74. The number of aromatic amines is 1. The maximum atomic E-state index is 11.5. The molecule has 0 aromatic carbocycles. The molecule has 0 aliphatic carbocycles. The number of nitrogens with one attached hydrogen (secondary N) is 1. The Morgan fingerprint density at radius 3 is 3.06 bits per heavy atom. The SMILES string of the molecule is C[C@@H]1COC[C@H]2COc3c(CN=C(C=NN)C(=O)O)nc(-c4ccnc5[nH]ccc45)nc3N21. The van der Waals surface area contributed by atoms with Crippen molar-refractivity contribution in [3.05, 3.63) is 30.2 Å². The number of carboxylic acids is 1. The van der Waals surface area contributed by atoms with Crippen molar-refractivity contribution in [2.24, 2.45) is 15.9 Å². The largest absolute Gasteiger partial charge is 0.486 e. The van der Waals surface area contributed by atoms with E-state index in [1.165, 1.54) is 0 Å². The summed E-state index contributed by atoms with van der Waals surface area (Å²) in [6.45, 7) is 3.53. The van der Waals surface area contributed by atoms with Gasteiger partial charge in [-0.05, 0) is 19.1 Å². The van der Waals surface area contributed by atoms with Crippen molar-refractivity contribution in [1.82, 2.24) is 19.9 Å². The van der Waals surface area contributed by atoms with Gasteiger partial charge in [0.05, 0.1) is 38.1 Å². The molecule has 170 valence electrons. The van der Waals surface area contributed by atoms with Gasteiger partial charge in [-0.1, -0.05) is 0 Å². The lowest BCUT2D eigenvalue weighted by atomic mass is 10.1. The predicted octanol–water partition coefficient (Wildman–Crippen LogP) is 0.976. The molecule has 12 nitrogen and oxygen atoms in total. The number of pyridine rings is 1. The number of rotatable bonds is 5. The second-order valence-corrected chi connectivity index (χ2v) is 7.79. The van der Waals surface area contributed by atoms with Gasteiger partial charge in [-0.3, -0.25) is 4.99 Å². The number of aliphatic carboxylic acids is 1. The molecule has 12 heteroatoms. The standard InChI is InChI=1S/C21H22N8O4/c1-11-8-32-9-12-10-33-17-15(6-25-16(7-26-22)21(30)31)27-19(28-20(17)29(11)12)14-3-5-24-18-13(14)2-4-23-18/h2-5,7,11-12H,6,8-10,22H2,1H3,(H,23,24)(H,30,31)/t11-,12+/m1/s1. The number of anilines is 1. The van der Waals surface area contributed by atoms with Gasteiger partial charge in [0, 0.05) is 23.3 Å². The van der Waals surface area contributed by atoms with Gasteiger partial charge in [-0.15, -0.1) is 0 Å².